The largest absolute Gasteiger partial charge is 0.351 e. The van der Waals surface area contributed by atoms with Gasteiger partial charge in [-0.15, -0.1) is 22.9 Å². The van der Waals surface area contributed by atoms with Gasteiger partial charge in [-0.25, -0.2) is 4.39 Å². The maximum absolute atomic E-state index is 13.5. The predicted molar refractivity (Wildman–Crippen MR) is 119 cm³/mol. The molecule has 1 saturated carbocycles. The Morgan fingerprint density at radius 3 is 2.60 bits per heavy atom. The second kappa shape index (κ2) is 10.4. The molecule has 1 aliphatic carbocycles. The van der Waals surface area contributed by atoms with Crippen LogP contribution in [0.1, 0.15) is 49.6 Å². The van der Waals surface area contributed by atoms with Crippen LogP contribution in [0.2, 0.25) is 0 Å². The van der Waals surface area contributed by atoms with Crippen LogP contribution in [0.3, 0.4) is 0 Å². The van der Waals surface area contributed by atoms with Crippen molar-refractivity contribution in [2.75, 3.05) is 5.88 Å². The van der Waals surface area contributed by atoms with Crippen molar-refractivity contribution in [3.63, 3.8) is 0 Å². The first-order valence-corrected chi connectivity index (χ1v) is 11.8. The van der Waals surface area contributed by atoms with Gasteiger partial charge in [-0.3, -0.25) is 9.59 Å². The van der Waals surface area contributed by atoms with Gasteiger partial charge in [0, 0.05) is 10.9 Å². The topological polar surface area (TPSA) is 49.4 Å². The second-order valence-corrected chi connectivity index (χ2v) is 9.37. The average Bonchev–Trinajstić information content (AvgIpc) is 3.25. The van der Waals surface area contributed by atoms with Gasteiger partial charge in [0.15, 0.2) is 0 Å². The number of carbonyl (C=O) groups is 2. The third kappa shape index (κ3) is 5.41. The Labute approximate surface area is 186 Å². The molecule has 1 aromatic heterocycles. The molecule has 1 fully saturated rings. The highest BCUT2D eigenvalue weighted by atomic mass is 35.5. The van der Waals surface area contributed by atoms with Crippen molar-refractivity contribution in [1.29, 1.82) is 0 Å². The highest BCUT2D eigenvalue weighted by Crippen LogP contribution is 2.31. The molecule has 2 amide bonds. The van der Waals surface area contributed by atoms with E-state index in [0.717, 1.165) is 24.1 Å². The third-order valence-corrected chi connectivity index (χ3v) is 7.21. The van der Waals surface area contributed by atoms with E-state index < -0.39 is 6.04 Å². The molecule has 1 aromatic carbocycles. The number of nitrogens with one attached hydrogen (secondary N) is 1. The van der Waals surface area contributed by atoms with Crippen molar-refractivity contribution in [2.45, 2.75) is 51.7 Å². The molecule has 30 heavy (non-hydrogen) atoms. The SMILES string of the molecule is C[C@@H]1[C@H](C)CCC[C@@H]1NC(=O)[C@H](c1ccc(F)cc1)N(Cc1cccs1)C(=O)CCl. The molecule has 0 bridgehead atoms. The Bertz CT molecular complexity index is 843. The molecule has 3 rings (SSSR count). The van der Waals surface area contributed by atoms with E-state index in [9.17, 15) is 14.0 Å². The van der Waals surface area contributed by atoms with Crippen LogP contribution in [0.15, 0.2) is 41.8 Å². The van der Waals surface area contributed by atoms with Crippen LogP contribution in [-0.2, 0) is 16.1 Å². The van der Waals surface area contributed by atoms with Gasteiger partial charge in [0.1, 0.15) is 17.7 Å². The monoisotopic (exact) mass is 450 g/mol. The van der Waals surface area contributed by atoms with Gasteiger partial charge in [-0.2, -0.15) is 0 Å². The number of rotatable bonds is 7. The first-order chi connectivity index (χ1) is 14.4. The lowest BCUT2D eigenvalue weighted by Crippen LogP contribution is -2.50. The lowest BCUT2D eigenvalue weighted by Gasteiger charge is -2.37. The van der Waals surface area contributed by atoms with Gasteiger partial charge in [0.25, 0.3) is 0 Å². The molecule has 0 saturated heterocycles. The first kappa shape index (κ1) is 22.8. The number of carbonyl (C=O) groups excluding carboxylic acids is 2. The van der Waals surface area contributed by atoms with Crippen molar-refractivity contribution >= 4 is 34.8 Å². The fourth-order valence-corrected chi connectivity index (χ4v) is 4.99. The number of benzene rings is 1. The molecule has 2 aromatic rings. The van der Waals surface area contributed by atoms with Gasteiger partial charge >= 0.3 is 0 Å². The number of amides is 2. The summed E-state index contributed by atoms with van der Waals surface area (Å²) in [5, 5.41) is 5.11. The summed E-state index contributed by atoms with van der Waals surface area (Å²) >= 11 is 7.42. The smallest absolute Gasteiger partial charge is 0.247 e. The van der Waals surface area contributed by atoms with Crippen LogP contribution in [0.25, 0.3) is 0 Å². The minimum Gasteiger partial charge on any atom is -0.351 e. The van der Waals surface area contributed by atoms with E-state index in [-0.39, 0.29) is 36.1 Å². The van der Waals surface area contributed by atoms with Crippen molar-refractivity contribution in [3.05, 3.63) is 58.0 Å². The van der Waals surface area contributed by atoms with Gasteiger partial charge in [-0.05, 0) is 47.4 Å². The summed E-state index contributed by atoms with van der Waals surface area (Å²) in [4.78, 5) is 28.7. The molecule has 0 radical (unpaired) electrons. The zero-order chi connectivity index (χ0) is 21.7. The van der Waals surface area contributed by atoms with E-state index in [2.05, 4.69) is 19.2 Å². The lowest BCUT2D eigenvalue weighted by molar-refractivity contribution is -0.140. The summed E-state index contributed by atoms with van der Waals surface area (Å²) in [7, 11) is 0. The molecule has 162 valence electrons. The van der Waals surface area contributed by atoms with E-state index in [4.69, 9.17) is 11.6 Å². The quantitative estimate of drug-likeness (QED) is 0.594. The van der Waals surface area contributed by atoms with Gasteiger partial charge in [-0.1, -0.05) is 44.9 Å². The van der Waals surface area contributed by atoms with Crippen LogP contribution in [0, 0.1) is 17.7 Å². The molecule has 0 unspecified atom stereocenters. The van der Waals surface area contributed by atoms with Gasteiger partial charge < -0.3 is 10.2 Å². The third-order valence-electron chi connectivity index (χ3n) is 6.12. The zero-order valence-electron chi connectivity index (χ0n) is 17.3. The molecule has 4 atom stereocenters. The fourth-order valence-electron chi connectivity index (χ4n) is 4.14. The van der Waals surface area contributed by atoms with E-state index in [0.29, 0.717) is 17.4 Å². The summed E-state index contributed by atoms with van der Waals surface area (Å²) in [6.45, 7) is 4.64. The average molecular weight is 451 g/mol. The summed E-state index contributed by atoms with van der Waals surface area (Å²) in [6.07, 6.45) is 3.14. The number of nitrogens with zero attached hydrogens (tertiary/aromatic N) is 1. The van der Waals surface area contributed by atoms with Crippen LogP contribution in [0.4, 0.5) is 4.39 Å². The normalized spacial score (nSPS) is 22.3. The van der Waals surface area contributed by atoms with Crippen LogP contribution >= 0.6 is 22.9 Å². The Balaban J connectivity index is 1.92. The van der Waals surface area contributed by atoms with E-state index >= 15 is 0 Å². The summed E-state index contributed by atoms with van der Waals surface area (Å²) in [5.41, 5.74) is 0.570. The molecular formula is C23H28ClFN2O2S. The number of hydrogen-bond acceptors (Lipinski definition) is 3. The number of halogens is 2. The Hall–Kier alpha value is -1.92. The predicted octanol–water partition coefficient (Wildman–Crippen LogP) is 5.14. The molecule has 1 aliphatic rings. The maximum Gasteiger partial charge on any atom is 0.247 e. The van der Waals surface area contributed by atoms with E-state index in [1.165, 1.54) is 28.4 Å². The molecule has 7 heteroatoms. The molecular weight excluding hydrogens is 423 g/mol. The highest BCUT2D eigenvalue weighted by Gasteiger charge is 2.35. The van der Waals surface area contributed by atoms with Crippen molar-refractivity contribution in [3.8, 4) is 0 Å². The molecule has 1 N–H and O–H groups in total. The van der Waals surface area contributed by atoms with Crippen LogP contribution < -0.4 is 5.32 Å². The number of hydrogen-bond donors (Lipinski definition) is 1. The van der Waals surface area contributed by atoms with Crippen molar-refractivity contribution < 1.29 is 14.0 Å². The van der Waals surface area contributed by atoms with E-state index in [1.54, 1.807) is 12.1 Å². The summed E-state index contributed by atoms with van der Waals surface area (Å²) < 4.78 is 13.5. The number of alkyl halides is 1. The second-order valence-electron chi connectivity index (χ2n) is 8.07. The minimum atomic E-state index is -0.872. The standard InChI is InChI=1S/C23H28ClFN2O2S/c1-15-5-3-7-20(16(15)2)26-23(29)22(17-8-10-18(25)11-9-17)27(21(28)13-24)14-19-6-4-12-30-19/h4,6,8-12,15-16,20,22H,3,5,7,13-14H2,1-2H3,(H,26,29)/t15-,16-,20+,22+/m1/s1. The van der Waals surface area contributed by atoms with Crippen LogP contribution in [-0.4, -0.2) is 28.6 Å². The van der Waals surface area contributed by atoms with Crippen molar-refractivity contribution in [1.82, 2.24) is 10.2 Å². The number of thiophene rings is 1. The Morgan fingerprint density at radius 2 is 1.97 bits per heavy atom. The van der Waals surface area contributed by atoms with Gasteiger partial charge in [0.2, 0.25) is 11.8 Å². The zero-order valence-corrected chi connectivity index (χ0v) is 18.9. The fraction of sp³-hybridized carbons (Fsp3) is 0.478. The molecule has 0 aliphatic heterocycles. The first-order valence-electron chi connectivity index (χ1n) is 10.3. The lowest BCUT2D eigenvalue weighted by atomic mass is 9.78. The van der Waals surface area contributed by atoms with E-state index in [1.807, 2.05) is 17.5 Å². The maximum atomic E-state index is 13.5. The summed E-state index contributed by atoms with van der Waals surface area (Å²) in [5.74, 6) is -0.318. The van der Waals surface area contributed by atoms with Crippen LogP contribution in [0.5, 0.6) is 0 Å². The van der Waals surface area contributed by atoms with Gasteiger partial charge in [0.05, 0.1) is 6.54 Å². The Morgan fingerprint density at radius 1 is 1.23 bits per heavy atom. The summed E-state index contributed by atoms with van der Waals surface area (Å²) in [6, 6.07) is 8.77. The Kier molecular flexibility index (Phi) is 7.89. The molecule has 0 spiro atoms. The molecule has 1 heterocycles. The minimum absolute atomic E-state index is 0.0545. The van der Waals surface area contributed by atoms with Crippen molar-refractivity contribution in [2.24, 2.45) is 11.8 Å². The molecule has 4 nitrogen and oxygen atoms in total. The highest BCUT2D eigenvalue weighted by molar-refractivity contribution is 7.09.